The smallest absolute Gasteiger partial charge is 0.243 e. The van der Waals surface area contributed by atoms with Gasteiger partial charge < -0.3 is 10.2 Å². The number of rotatable bonds is 4. The minimum Gasteiger partial charge on any atom is -0.352 e. The van der Waals surface area contributed by atoms with Gasteiger partial charge in [-0.25, -0.2) is 0 Å². The Morgan fingerprint density at radius 2 is 2.21 bits per heavy atom. The lowest BCUT2D eigenvalue weighted by atomic mass is 10.2. The molecule has 2 heterocycles. The van der Waals surface area contributed by atoms with Gasteiger partial charge in [-0.2, -0.15) is 0 Å². The Morgan fingerprint density at radius 3 is 2.89 bits per heavy atom. The van der Waals surface area contributed by atoms with Gasteiger partial charge in [-0.1, -0.05) is 6.07 Å². The highest BCUT2D eigenvalue weighted by molar-refractivity contribution is 7.10. The molecule has 1 aromatic rings. The van der Waals surface area contributed by atoms with Crippen molar-refractivity contribution in [3.8, 4) is 0 Å². The molecular formula is C14H18N2O2S. The van der Waals surface area contributed by atoms with Crippen molar-refractivity contribution in [2.45, 2.75) is 44.2 Å². The lowest BCUT2D eigenvalue weighted by Crippen LogP contribution is -2.46. The van der Waals surface area contributed by atoms with E-state index in [1.54, 1.807) is 16.2 Å². The monoisotopic (exact) mass is 278 g/mol. The van der Waals surface area contributed by atoms with E-state index in [4.69, 9.17) is 0 Å². The van der Waals surface area contributed by atoms with Crippen LogP contribution in [-0.2, 0) is 16.0 Å². The summed E-state index contributed by atoms with van der Waals surface area (Å²) in [5.74, 6) is 0.121. The first-order chi connectivity index (χ1) is 9.24. The van der Waals surface area contributed by atoms with Crippen molar-refractivity contribution < 1.29 is 9.59 Å². The molecule has 1 saturated heterocycles. The second kappa shape index (κ2) is 5.33. The van der Waals surface area contributed by atoms with E-state index >= 15 is 0 Å². The normalized spacial score (nSPS) is 22.5. The standard InChI is InChI=1S/C14H18N2O2S/c17-13(9-11-3-2-8-19-11)16-7-1-4-12(16)14(18)15-10-5-6-10/h2-3,8,10,12H,1,4-7,9H2,(H,15,18). The lowest BCUT2D eigenvalue weighted by Gasteiger charge is -2.23. The largest absolute Gasteiger partial charge is 0.352 e. The van der Waals surface area contributed by atoms with Crippen LogP contribution in [0, 0.1) is 0 Å². The topological polar surface area (TPSA) is 49.4 Å². The summed E-state index contributed by atoms with van der Waals surface area (Å²) in [7, 11) is 0. The quantitative estimate of drug-likeness (QED) is 0.908. The Morgan fingerprint density at radius 1 is 1.37 bits per heavy atom. The van der Waals surface area contributed by atoms with Crippen molar-refractivity contribution >= 4 is 23.2 Å². The fraction of sp³-hybridized carbons (Fsp3) is 0.571. The molecule has 1 unspecified atom stereocenters. The molecule has 1 aliphatic carbocycles. The molecular weight excluding hydrogens is 260 g/mol. The third-order valence-corrected chi connectivity index (χ3v) is 4.58. The number of carbonyl (C=O) groups is 2. The van der Waals surface area contributed by atoms with Crippen LogP contribution >= 0.6 is 11.3 Å². The molecule has 0 bridgehead atoms. The fourth-order valence-corrected chi connectivity index (χ4v) is 3.22. The van der Waals surface area contributed by atoms with Crippen LogP contribution < -0.4 is 5.32 Å². The highest BCUT2D eigenvalue weighted by atomic mass is 32.1. The fourth-order valence-electron chi connectivity index (χ4n) is 2.53. The Balaban J connectivity index is 1.61. The predicted octanol–water partition coefficient (Wildman–Crippen LogP) is 1.56. The molecule has 5 heteroatoms. The van der Waals surface area contributed by atoms with Crippen LogP contribution in [0.5, 0.6) is 0 Å². The molecule has 1 saturated carbocycles. The van der Waals surface area contributed by atoms with Gasteiger partial charge in [0.25, 0.3) is 0 Å². The third-order valence-electron chi connectivity index (χ3n) is 3.71. The zero-order valence-corrected chi connectivity index (χ0v) is 11.6. The molecule has 1 aromatic heterocycles. The van der Waals surface area contributed by atoms with Gasteiger partial charge in [0.2, 0.25) is 11.8 Å². The first-order valence-electron chi connectivity index (χ1n) is 6.86. The highest BCUT2D eigenvalue weighted by Crippen LogP contribution is 2.23. The zero-order chi connectivity index (χ0) is 13.2. The Kier molecular flexibility index (Phi) is 3.55. The summed E-state index contributed by atoms with van der Waals surface area (Å²) in [6, 6.07) is 4.04. The van der Waals surface area contributed by atoms with Gasteiger partial charge in [-0.15, -0.1) is 11.3 Å². The summed E-state index contributed by atoms with van der Waals surface area (Å²) in [6.45, 7) is 0.715. The summed E-state index contributed by atoms with van der Waals surface area (Å²) in [6.07, 6.45) is 4.32. The van der Waals surface area contributed by atoms with Crippen LogP contribution in [0.4, 0.5) is 0 Å². The Bertz CT molecular complexity index is 468. The number of nitrogens with one attached hydrogen (secondary N) is 1. The first-order valence-corrected chi connectivity index (χ1v) is 7.74. The number of hydrogen-bond acceptors (Lipinski definition) is 3. The molecule has 1 N–H and O–H groups in total. The number of amides is 2. The van der Waals surface area contributed by atoms with Crippen LogP contribution in [-0.4, -0.2) is 35.3 Å². The lowest BCUT2D eigenvalue weighted by molar-refractivity contribution is -0.138. The summed E-state index contributed by atoms with van der Waals surface area (Å²) >= 11 is 1.59. The molecule has 1 atom stereocenters. The molecule has 102 valence electrons. The summed E-state index contributed by atoms with van der Waals surface area (Å²) < 4.78 is 0. The van der Waals surface area contributed by atoms with Crippen molar-refractivity contribution in [3.05, 3.63) is 22.4 Å². The first kappa shape index (κ1) is 12.7. The Hall–Kier alpha value is -1.36. The van der Waals surface area contributed by atoms with E-state index in [1.165, 1.54) is 0 Å². The number of carbonyl (C=O) groups excluding carboxylic acids is 2. The maximum absolute atomic E-state index is 12.3. The minimum absolute atomic E-state index is 0.0412. The van der Waals surface area contributed by atoms with Gasteiger partial charge in [0.05, 0.1) is 6.42 Å². The van der Waals surface area contributed by atoms with E-state index in [1.807, 2.05) is 17.5 Å². The molecule has 3 rings (SSSR count). The molecule has 19 heavy (non-hydrogen) atoms. The van der Waals surface area contributed by atoms with Crippen LogP contribution in [0.25, 0.3) is 0 Å². The van der Waals surface area contributed by atoms with Crippen LogP contribution in [0.3, 0.4) is 0 Å². The minimum atomic E-state index is -0.243. The summed E-state index contributed by atoms with van der Waals surface area (Å²) in [5.41, 5.74) is 0. The number of nitrogens with zero attached hydrogens (tertiary/aromatic N) is 1. The van der Waals surface area contributed by atoms with Crippen molar-refractivity contribution in [2.24, 2.45) is 0 Å². The molecule has 1 aliphatic heterocycles. The zero-order valence-electron chi connectivity index (χ0n) is 10.8. The highest BCUT2D eigenvalue weighted by Gasteiger charge is 2.36. The number of thiophene rings is 1. The van der Waals surface area contributed by atoms with Crippen LogP contribution in [0.1, 0.15) is 30.6 Å². The van der Waals surface area contributed by atoms with Gasteiger partial charge >= 0.3 is 0 Å². The maximum atomic E-state index is 12.3. The molecule has 0 radical (unpaired) electrons. The average molecular weight is 278 g/mol. The summed E-state index contributed by atoms with van der Waals surface area (Å²) in [4.78, 5) is 27.2. The molecule has 2 aliphatic rings. The molecule has 4 nitrogen and oxygen atoms in total. The molecule has 0 aromatic carbocycles. The van der Waals surface area contributed by atoms with E-state index in [0.717, 1.165) is 30.6 Å². The van der Waals surface area contributed by atoms with Gasteiger partial charge in [0.1, 0.15) is 6.04 Å². The van der Waals surface area contributed by atoms with E-state index in [2.05, 4.69) is 5.32 Å². The third kappa shape index (κ3) is 2.97. The Labute approximate surface area is 116 Å². The van der Waals surface area contributed by atoms with Crippen LogP contribution in [0.2, 0.25) is 0 Å². The SMILES string of the molecule is O=C(NC1CC1)C1CCCN1C(=O)Cc1cccs1. The molecule has 0 spiro atoms. The van der Waals surface area contributed by atoms with Crippen molar-refractivity contribution in [1.82, 2.24) is 10.2 Å². The second-order valence-corrected chi connectivity index (χ2v) is 6.32. The van der Waals surface area contributed by atoms with Crippen LogP contribution in [0.15, 0.2) is 17.5 Å². The van der Waals surface area contributed by atoms with Crippen molar-refractivity contribution in [1.29, 1.82) is 0 Å². The number of likely N-dealkylation sites (tertiary alicyclic amines) is 1. The molecule has 2 amide bonds. The summed E-state index contributed by atoms with van der Waals surface area (Å²) in [5, 5.41) is 4.99. The van der Waals surface area contributed by atoms with Gasteiger partial charge in [0, 0.05) is 17.5 Å². The van der Waals surface area contributed by atoms with E-state index in [9.17, 15) is 9.59 Å². The van der Waals surface area contributed by atoms with E-state index in [-0.39, 0.29) is 17.9 Å². The second-order valence-electron chi connectivity index (χ2n) is 5.28. The van der Waals surface area contributed by atoms with Crippen molar-refractivity contribution in [2.75, 3.05) is 6.54 Å². The van der Waals surface area contributed by atoms with Gasteiger partial charge in [-0.3, -0.25) is 9.59 Å². The maximum Gasteiger partial charge on any atom is 0.243 e. The average Bonchev–Trinajstić information content (AvgIpc) is 2.91. The predicted molar refractivity (Wildman–Crippen MR) is 73.9 cm³/mol. The number of hydrogen-bond donors (Lipinski definition) is 1. The molecule has 2 fully saturated rings. The van der Waals surface area contributed by atoms with Crippen molar-refractivity contribution in [3.63, 3.8) is 0 Å². The van der Waals surface area contributed by atoms with Gasteiger partial charge in [0.15, 0.2) is 0 Å². The van der Waals surface area contributed by atoms with E-state index < -0.39 is 0 Å². The van der Waals surface area contributed by atoms with E-state index in [0.29, 0.717) is 19.0 Å². The van der Waals surface area contributed by atoms with Gasteiger partial charge in [-0.05, 0) is 37.1 Å².